The summed E-state index contributed by atoms with van der Waals surface area (Å²) in [6.07, 6.45) is 11.6. The summed E-state index contributed by atoms with van der Waals surface area (Å²) in [4.78, 5) is 34.7. The minimum absolute atomic E-state index is 0.00141. The lowest BCUT2D eigenvalue weighted by atomic mass is 9.55. The number of benzene rings is 6. The average Bonchev–Trinajstić information content (AvgIpc) is 4.09. The van der Waals surface area contributed by atoms with Gasteiger partial charge in [0.05, 0.1) is 23.2 Å². The van der Waals surface area contributed by atoms with Crippen LogP contribution in [-0.4, -0.2) is 70.1 Å². The van der Waals surface area contributed by atoms with E-state index in [4.69, 9.17) is 33.7 Å². The summed E-state index contributed by atoms with van der Waals surface area (Å²) in [6, 6.07) is 44.7. The van der Waals surface area contributed by atoms with Crippen LogP contribution in [0.5, 0.6) is 28.7 Å². The third-order valence-electron chi connectivity index (χ3n) is 15.1. The Hall–Kier alpha value is -8.04. The number of amides is 1. The van der Waals surface area contributed by atoms with Crippen LogP contribution in [0.25, 0.3) is 17.2 Å². The Morgan fingerprint density at radius 1 is 0.792 bits per heavy atom. The number of hydrogen-bond acceptors (Lipinski definition) is 12. The van der Waals surface area contributed by atoms with Gasteiger partial charge >= 0.3 is 0 Å². The van der Waals surface area contributed by atoms with Crippen molar-refractivity contribution in [1.29, 1.82) is 0 Å². The summed E-state index contributed by atoms with van der Waals surface area (Å²) in [7, 11) is 0. The van der Waals surface area contributed by atoms with E-state index in [1.165, 1.54) is 18.2 Å². The number of carbonyl (C=O) groups excluding carboxylic acids is 1. The van der Waals surface area contributed by atoms with E-state index in [9.17, 15) is 20.3 Å². The molecule has 1 amide bonds. The molecule has 2 N–H and O–H groups in total. The van der Waals surface area contributed by atoms with Gasteiger partial charge in [0.15, 0.2) is 11.5 Å². The van der Waals surface area contributed by atoms with Crippen LogP contribution >= 0.6 is 0 Å². The van der Waals surface area contributed by atoms with Crippen LogP contribution < -0.4 is 18.9 Å². The Morgan fingerprint density at radius 3 is 2.23 bits per heavy atom. The van der Waals surface area contributed by atoms with Gasteiger partial charge in [-0.05, 0) is 132 Å². The van der Waals surface area contributed by atoms with Gasteiger partial charge in [-0.15, -0.1) is 6.58 Å². The van der Waals surface area contributed by atoms with E-state index < -0.39 is 22.7 Å². The van der Waals surface area contributed by atoms with Crippen molar-refractivity contribution in [2.45, 2.75) is 75.8 Å². The number of carbonyl (C=O) groups is 1. The zero-order valence-corrected chi connectivity index (χ0v) is 42.9. The molecule has 10 rings (SSSR count). The summed E-state index contributed by atoms with van der Waals surface area (Å²) in [5, 5.41) is 36.9. The van der Waals surface area contributed by atoms with Crippen LogP contribution in [0.3, 0.4) is 0 Å². The van der Waals surface area contributed by atoms with Crippen molar-refractivity contribution >= 4 is 23.4 Å². The van der Waals surface area contributed by atoms with Crippen molar-refractivity contribution in [2.75, 3.05) is 26.6 Å². The number of aliphatic hydroxyl groups is 2. The number of unbranched alkanes of at least 4 members (excludes halogenated alkanes) is 2. The van der Waals surface area contributed by atoms with Crippen LogP contribution in [0.15, 0.2) is 181 Å². The summed E-state index contributed by atoms with van der Waals surface area (Å²) >= 11 is 0. The molecule has 2 aliphatic heterocycles. The maximum absolute atomic E-state index is 15.5. The topological polar surface area (TPSA) is 172 Å². The smallest absolute Gasteiger partial charge is 0.269 e. The van der Waals surface area contributed by atoms with Crippen molar-refractivity contribution in [3.05, 3.63) is 208 Å². The number of nitro benzene ring substituents is 1. The first-order chi connectivity index (χ1) is 37.7. The lowest BCUT2D eigenvalue weighted by Gasteiger charge is -2.60. The zero-order valence-electron chi connectivity index (χ0n) is 42.9. The van der Waals surface area contributed by atoms with Crippen molar-refractivity contribution in [2.24, 2.45) is 22.9 Å². The normalized spacial score (nSPS) is 21.4. The van der Waals surface area contributed by atoms with Gasteiger partial charge in [-0.2, -0.15) is 0 Å². The minimum atomic E-state index is -1.57. The second-order valence-electron chi connectivity index (χ2n) is 19.9. The monoisotopic (exact) mass is 1040 g/mol. The fraction of sp³-hybridized carbons (Fsp3) is 0.302. The lowest BCUT2D eigenvalue weighted by Crippen LogP contribution is -2.70. The van der Waals surface area contributed by atoms with Crippen molar-refractivity contribution in [1.82, 2.24) is 4.90 Å². The predicted molar refractivity (Wildman–Crippen MR) is 293 cm³/mol. The Bertz CT molecular complexity index is 3110. The Kier molecular flexibility index (Phi) is 16.5. The molecule has 2 aliphatic carbocycles. The molecule has 0 radical (unpaired) electrons. The summed E-state index contributed by atoms with van der Waals surface area (Å²) in [5.41, 5.74) is 6.82. The number of allylic oxidation sites excluding steroid dienone is 1. The number of hydrogen-bond donors (Lipinski definition) is 2. The number of nitro groups is 1. The van der Waals surface area contributed by atoms with E-state index >= 15 is 4.79 Å². The molecule has 6 atom stereocenters. The molecule has 2 heterocycles. The van der Waals surface area contributed by atoms with Crippen molar-refractivity contribution < 1.29 is 48.5 Å². The molecule has 0 saturated heterocycles. The van der Waals surface area contributed by atoms with Gasteiger partial charge < -0.3 is 43.6 Å². The Balaban J connectivity index is 1.14. The first-order valence-electron chi connectivity index (χ1n) is 26.4. The average molecular weight is 1040 g/mol. The highest BCUT2D eigenvalue weighted by Gasteiger charge is 2.65. The second-order valence-corrected chi connectivity index (χ2v) is 19.9. The second kappa shape index (κ2) is 24.3. The van der Waals surface area contributed by atoms with Crippen LogP contribution in [0.1, 0.15) is 73.1 Å². The maximum atomic E-state index is 15.5. The number of nitrogens with zero attached hydrogens (tertiary/aromatic N) is 3. The van der Waals surface area contributed by atoms with Crippen LogP contribution in [0, 0.1) is 27.9 Å². The minimum Gasteiger partial charge on any atom is -0.459 e. The van der Waals surface area contributed by atoms with E-state index in [0.717, 1.165) is 59.1 Å². The Labute approximate surface area is 448 Å². The molecular formula is C63H63N3O11. The van der Waals surface area contributed by atoms with Crippen molar-refractivity contribution in [3.8, 4) is 39.9 Å². The van der Waals surface area contributed by atoms with E-state index in [1.54, 1.807) is 29.2 Å². The Morgan fingerprint density at radius 2 is 1.49 bits per heavy atom. The van der Waals surface area contributed by atoms with Gasteiger partial charge in [0.2, 0.25) is 18.5 Å². The van der Waals surface area contributed by atoms with Crippen molar-refractivity contribution in [3.63, 3.8) is 0 Å². The molecule has 6 unspecified atom stereocenters. The highest BCUT2D eigenvalue weighted by Crippen LogP contribution is 2.62. The molecule has 77 heavy (non-hydrogen) atoms. The molecule has 14 nitrogen and oxygen atoms in total. The predicted octanol–water partition coefficient (Wildman–Crippen LogP) is 12.4. The molecule has 6 aromatic carbocycles. The molecule has 1 saturated carbocycles. The van der Waals surface area contributed by atoms with Gasteiger partial charge in [0.1, 0.15) is 29.9 Å². The number of non-ortho nitro benzene ring substituents is 1. The van der Waals surface area contributed by atoms with E-state index in [1.807, 2.05) is 103 Å². The van der Waals surface area contributed by atoms with Gasteiger partial charge in [0.25, 0.3) is 5.69 Å². The molecule has 14 heteroatoms. The quantitative estimate of drug-likeness (QED) is 0.0206. The first kappa shape index (κ1) is 52.4. The van der Waals surface area contributed by atoms with E-state index in [2.05, 4.69) is 30.9 Å². The van der Waals surface area contributed by atoms with E-state index in [-0.39, 0.29) is 75.5 Å². The fourth-order valence-corrected chi connectivity index (χ4v) is 11.5. The number of aliphatic hydroxyl groups excluding tert-OH is 2. The lowest BCUT2D eigenvalue weighted by molar-refractivity contribution is -0.384. The van der Waals surface area contributed by atoms with Crippen LogP contribution in [-0.2, 0) is 27.5 Å². The molecule has 0 aromatic heterocycles. The molecule has 396 valence electrons. The standard InChI is InChI=1S/C63H63N3O11/c1-2-35-74-63-59(65(40-45-21-30-57-58(36-45)73-42-72-57)60(69)32-22-43-19-25-49(26-20-43)66(70)71)39-55(64-75-41-44-13-5-3-6-14-44)53-37-48(17-9-11-33-67)52(18-10-12-34-68)61(62(53)63)54-38-51(29-31-56(54)77-63)76-50-27-23-47(24-28-50)46-15-7-4-8-16-46/h2-8,13-16,19-32,36-38,48,52,59,61-62,67-68H,1,9-12,17-18,33-35,39-42H2. The van der Waals surface area contributed by atoms with Gasteiger partial charge in [-0.3, -0.25) is 14.9 Å². The maximum Gasteiger partial charge on any atom is 0.269 e. The molecule has 1 fully saturated rings. The number of fused-ring (bicyclic) bond motifs is 3. The van der Waals surface area contributed by atoms with E-state index in [0.29, 0.717) is 52.9 Å². The third-order valence-corrected chi connectivity index (χ3v) is 15.1. The largest absolute Gasteiger partial charge is 0.459 e. The molecule has 0 bridgehead atoms. The number of ether oxygens (including phenoxy) is 5. The fourth-order valence-electron chi connectivity index (χ4n) is 11.5. The summed E-state index contributed by atoms with van der Waals surface area (Å²) in [6.45, 7) is 4.63. The number of oxime groups is 1. The molecule has 6 aromatic rings. The molecule has 4 aliphatic rings. The van der Waals surface area contributed by atoms with Gasteiger partial charge in [-0.1, -0.05) is 109 Å². The van der Waals surface area contributed by atoms with Crippen LogP contribution in [0.2, 0.25) is 0 Å². The van der Waals surface area contributed by atoms with Crippen LogP contribution in [0.4, 0.5) is 5.69 Å². The van der Waals surface area contributed by atoms with Gasteiger partial charge in [-0.25, -0.2) is 0 Å². The zero-order chi connectivity index (χ0) is 53.1. The SMILES string of the molecule is C=CCOC12Oc3ccc(Oc4ccc(-c5ccccc5)cc4)cc3C3C(CCCCO)C(CCCCO)C=C(C(=NOCc4ccccc4)CC1N(Cc1ccc4c(c1)OCO4)C(=O)C=Cc1ccc([N+](=O)[O-])cc1)C32. The summed E-state index contributed by atoms with van der Waals surface area (Å²) in [5.74, 6) is 0.124. The molecular weight excluding hydrogens is 975 g/mol. The number of rotatable bonds is 23. The third kappa shape index (κ3) is 11.7. The summed E-state index contributed by atoms with van der Waals surface area (Å²) < 4.78 is 33.0. The first-order valence-corrected chi connectivity index (χ1v) is 26.4. The highest BCUT2D eigenvalue weighted by molar-refractivity contribution is 6.03. The highest BCUT2D eigenvalue weighted by atomic mass is 16.7. The molecule has 0 spiro atoms. The van der Waals surface area contributed by atoms with Gasteiger partial charge in [0, 0.05) is 55.9 Å².